The molecule has 1 aliphatic heterocycles. The van der Waals surface area contributed by atoms with E-state index >= 15 is 0 Å². The van der Waals surface area contributed by atoms with Crippen molar-refractivity contribution in [1.82, 2.24) is 20.1 Å². The fraction of sp³-hybridized carbons (Fsp3) is 0.556. The minimum absolute atomic E-state index is 0.0600. The lowest BCUT2D eigenvalue weighted by atomic mass is 9.97. The number of carbonyl (C=O) groups is 2. The third kappa shape index (κ3) is 6.70. The molecule has 2 aliphatic rings. The average Bonchev–Trinajstić information content (AvgIpc) is 3.63. The number of aromatic nitrogens is 1. The SMILES string of the molecule is C=C(/C=C\S)CN(C(=O)C1(C#N)CC1)C1CCN(C(C)CCNC(=O)c2c(C)cc(Cl)nc2C)CC1. The van der Waals surface area contributed by atoms with Crippen LogP contribution < -0.4 is 5.32 Å². The van der Waals surface area contributed by atoms with E-state index in [9.17, 15) is 14.9 Å². The molecule has 0 aromatic carbocycles. The van der Waals surface area contributed by atoms with Gasteiger partial charge >= 0.3 is 0 Å². The summed E-state index contributed by atoms with van der Waals surface area (Å²) in [6.45, 7) is 12.6. The standard InChI is InChI=1S/C27H36ClN5O2S/c1-18(8-14-36)16-33(26(35)27(17-29)9-10-27)22-6-12-32(13-7-22)20(3)5-11-30-25(34)24-19(2)15-23(28)31-21(24)4/h8,14-15,20,22,36H,1,5-7,9-13,16H2,2-4H3,(H,30,34)/b14-8-. The van der Waals surface area contributed by atoms with Crippen LogP contribution in [-0.2, 0) is 4.79 Å². The van der Waals surface area contributed by atoms with E-state index in [0.717, 1.165) is 43.5 Å². The Morgan fingerprint density at radius 1 is 1.42 bits per heavy atom. The molecule has 1 N–H and O–H groups in total. The van der Waals surface area contributed by atoms with Crippen molar-refractivity contribution in [3.63, 3.8) is 0 Å². The number of nitrogens with zero attached hydrogens (tertiary/aromatic N) is 4. The summed E-state index contributed by atoms with van der Waals surface area (Å²) in [5.74, 6) is -0.189. The van der Waals surface area contributed by atoms with Crippen LogP contribution in [0.2, 0.25) is 5.15 Å². The maximum atomic E-state index is 13.3. The molecule has 1 atom stereocenters. The number of likely N-dealkylation sites (tertiary alicyclic amines) is 1. The van der Waals surface area contributed by atoms with Crippen molar-refractivity contribution in [3.8, 4) is 6.07 Å². The van der Waals surface area contributed by atoms with E-state index in [1.54, 1.807) is 24.5 Å². The maximum absolute atomic E-state index is 13.3. The van der Waals surface area contributed by atoms with Crippen molar-refractivity contribution in [2.75, 3.05) is 26.2 Å². The van der Waals surface area contributed by atoms with Gasteiger partial charge in [-0.3, -0.25) is 9.59 Å². The van der Waals surface area contributed by atoms with Gasteiger partial charge < -0.3 is 15.1 Å². The summed E-state index contributed by atoms with van der Waals surface area (Å²) < 4.78 is 0. The highest BCUT2D eigenvalue weighted by atomic mass is 35.5. The van der Waals surface area contributed by atoms with Gasteiger partial charge in [0, 0.05) is 38.3 Å². The Morgan fingerprint density at radius 3 is 2.64 bits per heavy atom. The predicted octanol–water partition coefficient (Wildman–Crippen LogP) is 4.46. The number of piperidine rings is 1. The molecule has 194 valence electrons. The zero-order chi connectivity index (χ0) is 26.5. The van der Waals surface area contributed by atoms with Gasteiger partial charge in [-0.2, -0.15) is 17.9 Å². The monoisotopic (exact) mass is 529 g/mol. The number of amides is 2. The summed E-state index contributed by atoms with van der Waals surface area (Å²) in [6, 6.07) is 4.32. The number of hydrogen-bond donors (Lipinski definition) is 2. The third-order valence-corrected chi connectivity index (χ3v) is 7.66. The first-order chi connectivity index (χ1) is 17.1. The Kier molecular flexibility index (Phi) is 9.62. The summed E-state index contributed by atoms with van der Waals surface area (Å²) in [5, 5.41) is 14.6. The fourth-order valence-corrected chi connectivity index (χ4v) is 5.45. The van der Waals surface area contributed by atoms with Crippen molar-refractivity contribution in [2.24, 2.45) is 5.41 Å². The van der Waals surface area contributed by atoms with Gasteiger partial charge in [0.25, 0.3) is 5.91 Å². The first-order valence-corrected chi connectivity index (χ1v) is 13.4. The number of rotatable bonds is 10. The molecule has 2 amide bonds. The highest BCUT2D eigenvalue weighted by molar-refractivity contribution is 7.83. The summed E-state index contributed by atoms with van der Waals surface area (Å²) in [5.41, 5.74) is 1.99. The quantitative estimate of drug-likeness (QED) is 0.265. The topological polar surface area (TPSA) is 89.3 Å². The van der Waals surface area contributed by atoms with Crippen molar-refractivity contribution in [2.45, 2.75) is 65.0 Å². The van der Waals surface area contributed by atoms with E-state index in [1.165, 1.54) is 0 Å². The highest BCUT2D eigenvalue weighted by Crippen LogP contribution is 2.47. The zero-order valence-corrected chi connectivity index (χ0v) is 23.0. The van der Waals surface area contributed by atoms with Gasteiger partial charge in [-0.1, -0.05) is 24.3 Å². The molecule has 9 heteroatoms. The summed E-state index contributed by atoms with van der Waals surface area (Å²) in [6.07, 6.45) is 5.58. The summed E-state index contributed by atoms with van der Waals surface area (Å²) in [7, 11) is 0. The van der Waals surface area contributed by atoms with Crippen LogP contribution in [-0.4, -0.2) is 64.9 Å². The number of pyridine rings is 1. The molecule has 1 aromatic rings. The van der Waals surface area contributed by atoms with Crippen molar-refractivity contribution in [3.05, 3.63) is 51.7 Å². The molecule has 0 bridgehead atoms. The van der Waals surface area contributed by atoms with Crippen LogP contribution in [0.25, 0.3) is 0 Å². The summed E-state index contributed by atoms with van der Waals surface area (Å²) in [4.78, 5) is 34.4. The third-order valence-electron chi connectivity index (χ3n) is 7.32. The molecule has 3 rings (SSSR count). The maximum Gasteiger partial charge on any atom is 0.253 e. The highest BCUT2D eigenvalue weighted by Gasteiger charge is 2.53. The molecule has 7 nitrogen and oxygen atoms in total. The zero-order valence-electron chi connectivity index (χ0n) is 21.4. The minimum Gasteiger partial charge on any atom is -0.352 e. The van der Waals surface area contributed by atoms with Gasteiger partial charge in [0.15, 0.2) is 0 Å². The normalized spacial score (nSPS) is 18.4. The van der Waals surface area contributed by atoms with Gasteiger partial charge in [0.1, 0.15) is 10.6 Å². The number of hydrogen-bond acceptors (Lipinski definition) is 6. The number of nitriles is 1. The molecule has 1 unspecified atom stereocenters. The van der Waals surface area contributed by atoms with Crippen LogP contribution in [0, 0.1) is 30.6 Å². The van der Waals surface area contributed by atoms with Crippen LogP contribution in [0.3, 0.4) is 0 Å². The second-order valence-electron chi connectivity index (χ2n) is 9.98. The molecule has 2 heterocycles. The smallest absolute Gasteiger partial charge is 0.253 e. The Balaban J connectivity index is 1.52. The van der Waals surface area contributed by atoms with Crippen molar-refractivity contribution >= 4 is 36.0 Å². The van der Waals surface area contributed by atoms with E-state index in [1.807, 2.05) is 11.8 Å². The molecule has 2 fully saturated rings. The lowest BCUT2D eigenvalue weighted by molar-refractivity contribution is -0.137. The second-order valence-corrected chi connectivity index (χ2v) is 10.7. The molecule has 0 radical (unpaired) electrons. The van der Waals surface area contributed by atoms with Crippen LogP contribution >= 0.6 is 24.2 Å². The van der Waals surface area contributed by atoms with E-state index in [0.29, 0.717) is 42.3 Å². The van der Waals surface area contributed by atoms with Crippen LogP contribution in [0.5, 0.6) is 0 Å². The molecule has 1 saturated heterocycles. The fourth-order valence-electron chi connectivity index (χ4n) is 4.95. The molecule has 36 heavy (non-hydrogen) atoms. The number of carbonyl (C=O) groups excluding carboxylic acids is 2. The second kappa shape index (κ2) is 12.3. The Morgan fingerprint density at radius 2 is 2.08 bits per heavy atom. The van der Waals surface area contributed by atoms with Crippen LogP contribution in [0.1, 0.15) is 60.6 Å². The van der Waals surface area contributed by atoms with E-state index < -0.39 is 5.41 Å². The molecular weight excluding hydrogens is 494 g/mol. The largest absolute Gasteiger partial charge is 0.352 e. The van der Waals surface area contributed by atoms with E-state index in [-0.39, 0.29) is 23.9 Å². The van der Waals surface area contributed by atoms with Crippen LogP contribution in [0.15, 0.2) is 29.7 Å². The molecule has 1 aliphatic carbocycles. The van der Waals surface area contributed by atoms with Gasteiger partial charge in [-0.15, -0.1) is 0 Å². The van der Waals surface area contributed by atoms with Crippen LogP contribution in [0.4, 0.5) is 0 Å². The first-order valence-electron chi connectivity index (χ1n) is 12.5. The lowest BCUT2D eigenvalue weighted by Gasteiger charge is -2.41. The number of halogens is 1. The van der Waals surface area contributed by atoms with Gasteiger partial charge in [0.05, 0.1) is 17.3 Å². The number of aryl methyl sites for hydroxylation is 2. The van der Waals surface area contributed by atoms with E-state index in [4.69, 9.17) is 11.6 Å². The average molecular weight is 530 g/mol. The minimum atomic E-state index is -0.843. The van der Waals surface area contributed by atoms with Crippen molar-refractivity contribution < 1.29 is 9.59 Å². The lowest BCUT2D eigenvalue weighted by Crippen LogP contribution is -2.51. The Labute approximate surface area is 225 Å². The number of nitrogens with one attached hydrogen (secondary N) is 1. The van der Waals surface area contributed by atoms with Crippen molar-refractivity contribution in [1.29, 1.82) is 5.26 Å². The van der Waals surface area contributed by atoms with E-state index in [2.05, 4.69) is 47.4 Å². The molecular formula is C27H36ClN5O2S. The Bertz CT molecular complexity index is 1050. The first kappa shape index (κ1) is 28.2. The molecule has 0 spiro atoms. The van der Waals surface area contributed by atoms with Gasteiger partial charge in [-0.25, -0.2) is 4.98 Å². The number of thiol groups is 1. The molecule has 1 saturated carbocycles. The Hall–Kier alpha value is -2.34. The van der Waals surface area contributed by atoms with Gasteiger partial charge in [-0.05, 0) is 75.5 Å². The summed E-state index contributed by atoms with van der Waals surface area (Å²) >= 11 is 10.1. The molecule has 1 aromatic heterocycles. The van der Waals surface area contributed by atoms with Gasteiger partial charge in [0.2, 0.25) is 5.91 Å². The predicted molar refractivity (Wildman–Crippen MR) is 146 cm³/mol.